The number of ether oxygens (including phenoxy) is 3. The summed E-state index contributed by atoms with van der Waals surface area (Å²) in [5.74, 6) is 1.46. The summed E-state index contributed by atoms with van der Waals surface area (Å²) >= 11 is 1.46. The molecule has 1 aliphatic rings. The van der Waals surface area contributed by atoms with Crippen molar-refractivity contribution >= 4 is 28.4 Å². The third kappa shape index (κ3) is 5.78. The summed E-state index contributed by atoms with van der Waals surface area (Å²) in [5, 5.41) is 7.14. The first-order valence-corrected chi connectivity index (χ1v) is 12.9. The molecule has 0 radical (unpaired) electrons. The minimum absolute atomic E-state index is 0.0407. The second-order valence-corrected chi connectivity index (χ2v) is 10.7. The maximum atomic E-state index is 11.9. The number of carbonyl (C=O) groups is 1. The molecule has 0 bridgehead atoms. The van der Waals surface area contributed by atoms with Gasteiger partial charge in [-0.2, -0.15) is 5.10 Å². The third-order valence-electron chi connectivity index (χ3n) is 5.75. The van der Waals surface area contributed by atoms with Crippen LogP contribution in [-0.2, 0) is 9.57 Å². The van der Waals surface area contributed by atoms with Crippen LogP contribution in [-0.4, -0.2) is 67.7 Å². The number of hydrogen-bond acceptors (Lipinski definition) is 12. The fourth-order valence-corrected chi connectivity index (χ4v) is 4.84. The van der Waals surface area contributed by atoms with Crippen LogP contribution in [0.25, 0.3) is 26.8 Å². The van der Waals surface area contributed by atoms with Gasteiger partial charge in [0.15, 0.2) is 11.5 Å². The first-order valence-electron chi connectivity index (χ1n) is 12.1. The number of piperidine rings is 1. The normalized spacial score (nSPS) is 14.9. The highest BCUT2D eigenvalue weighted by Crippen LogP contribution is 2.36. The highest BCUT2D eigenvalue weighted by molar-refractivity contribution is 7.19. The van der Waals surface area contributed by atoms with E-state index in [1.165, 1.54) is 11.3 Å². The maximum Gasteiger partial charge on any atom is 0.528 e. The lowest BCUT2D eigenvalue weighted by Gasteiger charge is -2.31. The molecule has 0 atom stereocenters. The standard InChI is InChI=1S/C25H29N7O5S/c1-25(2,3)36-24(33)37-31-9-7-17(8-10-31)35-19-6-5-15(11-20(19)34-4)21-30-32-18(14-29-23(32)38-21)16-12-27-22(26)28-13-16/h5-6,11-14,17H,7-10H2,1-4H3,(H2,26,27,28). The number of hydroxylamine groups is 2. The lowest BCUT2D eigenvalue weighted by atomic mass is 10.1. The number of nitrogens with zero attached hydrogens (tertiary/aromatic N) is 6. The van der Waals surface area contributed by atoms with E-state index in [9.17, 15) is 4.79 Å². The monoisotopic (exact) mass is 539 g/mol. The van der Waals surface area contributed by atoms with Gasteiger partial charge in [-0.25, -0.2) is 24.3 Å². The number of anilines is 1. The van der Waals surface area contributed by atoms with Crippen molar-refractivity contribution in [1.82, 2.24) is 29.6 Å². The SMILES string of the molecule is COc1cc(-c2nn3c(-c4cnc(N)nc4)cnc3s2)ccc1OC1CCN(OC(=O)OC(C)(C)C)CC1. The summed E-state index contributed by atoms with van der Waals surface area (Å²) in [7, 11) is 1.61. The molecule has 0 saturated carbocycles. The predicted molar refractivity (Wildman–Crippen MR) is 141 cm³/mol. The van der Waals surface area contributed by atoms with Crippen molar-refractivity contribution in [3.63, 3.8) is 0 Å². The first kappa shape index (κ1) is 25.7. The summed E-state index contributed by atoms with van der Waals surface area (Å²) in [6, 6.07) is 5.74. The average Bonchev–Trinajstić information content (AvgIpc) is 3.46. The van der Waals surface area contributed by atoms with Gasteiger partial charge in [-0.15, -0.1) is 5.06 Å². The zero-order valence-corrected chi connectivity index (χ0v) is 22.4. The topological polar surface area (TPSA) is 139 Å². The van der Waals surface area contributed by atoms with Gasteiger partial charge in [0.2, 0.25) is 10.9 Å². The van der Waals surface area contributed by atoms with Gasteiger partial charge in [0, 0.05) is 49.5 Å². The molecular formula is C25H29N7O5S. The summed E-state index contributed by atoms with van der Waals surface area (Å²) in [4.78, 5) is 30.6. The van der Waals surface area contributed by atoms with Crippen LogP contribution in [0.5, 0.6) is 11.5 Å². The Morgan fingerprint density at radius 2 is 1.79 bits per heavy atom. The van der Waals surface area contributed by atoms with E-state index in [1.807, 2.05) is 18.2 Å². The van der Waals surface area contributed by atoms with Gasteiger partial charge in [0.05, 0.1) is 19.0 Å². The van der Waals surface area contributed by atoms with Gasteiger partial charge >= 0.3 is 6.16 Å². The molecule has 200 valence electrons. The minimum Gasteiger partial charge on any atom is -0.493 e. The van der Waals surface area contributed by atoms with Gasteiger partial charge in [-0.3, -0.25) is 0 Å². The Kier molecular flexibility index (Phi) is 7.04. The van der Waals surface area contributed by atoms with E-state index in [0.717, 1.165) is 26.8 Å². The lowest BCUT2D eigenvalue weighted by molar-refractivity contribution is -0.158. The zero-order chi connectivity index (χ0) is 26.9. The Morgan fingerprint density at radius 3 is 2.47 bits per heavy atom. The molecule has 1 fully saturated rings. The van der Waals surface area contributed by atoms with Crippen LogP contribution in [0.4, 0.5) is 10.7 Å². The molecule has 0 unspecified atom stereocenters. The Bertz CT molecular complexity index is 1420. The molecular weight excluding hydrogens is 510 g/mol. The van der Waals surface area contributed by atoms with E-state index in [0.29, 0.717) is 37.4 Å². The van der Waals surface area contributed by atoms with Crippen LogP contribution < -0.4 is 15.2 Å². The van der Waals surface area contributed by atoms with Crippen LogP contribution in [0.3, 0.4) is 0 Å². The van der Waals surface area contributed by atoms with Crippen molar-refractivity contribution in [3.05, 3.63) is 36.8 Å². The van der Waals surface area contributed by atoms with Crippen molar-refractivity contribution in [1.29, 1.82) is 0 Å². The van der Waals surface area contributed by atoms with Crippen LogP contribution in [0.1, 0.15) is 33.6 Å². The molecule has 1 saturated heterocycles. The lowest BCUT2D eigenvalue weighted by Crippen LogP contribution is -2.40. The number of nitrogens with two attached hydrogens (primary N) is 1. The van der Waals surface area contributed by atoms with Crippen molar-refractivity contribution in [2.75, 3.05) is 25.9 Å². The van der Waals surface area contributed by atoms with Gasteiger partial charge < -0.3 is 24.8 Å². The fourth-order valence-electron chi connectivity index (χ4n) is 3.97. The second-order valence-electron chi connectivity index (χ2n) is 9.74. The van der Waals surface area contributed by atoms with Crippen molar-refractivity contribution in [3.8, 4) is 33.3 Å². The van der Waals surface area contributed by atoms with Gasteiger partial charge in [-0.05, 0) is 39.0 Å². The predicted octanol–water partition coefficient (Wildman–Crippen LogP) is 4.22. The number of nitrogen functional groups attached to an aromatic ring is 1. The van der Waals surface area contributed by atoms with Crippen LogP contribution in [0.2, 0.25) is 0 Å². The van der Waals surface area contributed by atoms with E-state index in [-0.39, 0.29) is 12.1 Å². The van der Waals surface area contributed by atoms with Crippen molar-refractivity contribution in [2.24, 2.45) is 0 Å². The average molecular weight is 540 g/mol. The molecule has 3 aromatic heterocycles. The largest absolute Gasteiger partial charge is 0.528 e. The van der Waals surface area contributed by atoms with E-state index in [4.69, 9.17) is 29.9 Å². The number of methoxy groups -OCH3 is 1. The van der Waals surface area contributed by atoms with Gasteiger partial charge in [0.1, 0.15) is 16.7 Å². The Morgan fingerprint density at radius 1 is 1.05 bits per heavy atom. The van der Waals surface area contributed by atoms with Crippen LogP contribution in [0.15, 0.2) is 36.8 Å². The second kappa shape index (κ2) is 10.4. The molecule has 0 spiro atoms. The molecule has 2 N–H and O–H groups in total. The third-order valence-corrected chi connectivity index (χ3v) is 6.72. The van der Waals surface area contributed by atoms with Gasteiger partial charge in [0.25, 0.3) is 0 Å². The van der Waals surface area contributed by atoms with Crippen LogP contribution in [0, 0.1) is 0 Å². The summed E-state index contributed by atoms with van der Waals surface area (Å²) in [6.45, 7) is 6.49. The summed E-state index contributed by atoms with van der Waals surface area (Å²) in [5.41, 5.74) is 7.43. The number of benzene rings is 1. The number of hydrogen-bond donors (Lipinski definition) is 1. The number of carbonyl (C=O) groups excluding carboxylic acids is 1. The number of rotatable bonds is 6. The molecule has 4 aromatic rings. The highest BCUT2D eigenvalue weighted by Gasteiger charge is 2.26. The Labute approximate surface area is 223 Å². The Balaban J connectivity index is 1.25. The fraction of sp³-hybridized carbons (Fsp3) is 0.400. The maximum absolute atomic E-state index is 11.9. The quantitative estimate of drug-likeness (QED) is 0.352. The molecule has 0 amide bonds. The van der Waals surface area contributed by atoms with Crippen LogP contribution >= 0.6 is 11.3 Å². The molecule has 4 heterocycles. The van der Waals surface area contributed by atoms with E-state index in [1.54, 1.807) is 56.1 Å². The number of imidazole rings is 1. The van der Waals surface area contributed by atoms with E-state index < -0.39 is 11.8 Å². The summed E-state index contributed by atoms with van der Waals surface area (Å²) in [6.07, 6.45) is 5.67. The minimum atomic E-state index is -0.697. The van der Waals surface area contributed by atoms with Crippen molar-refractivity contribution in [2.45, 2.75) is 45.3 Å². The summed E-state index contributed by atoms with van der Waals surface area (Å²) < 4.78 is 18.9. The molecule has 38 heavy (non-hydrogen) atoms. The Hall–Kier alpha value is -3.97. The van der Waals surface area contributed by atoms with E-state index in [2.05, 4.69) is 15.0 Å². The molecule has 1 aromatic carbocycles. The highest BCUT2D eigenvalue weighted by atomic mass is 32.1. The zero-order valence-electron chi connectivity index (χ0n) is 21.6. The smallest absolute Gasteiger partial charge is 0.493 e. The van der Waals surface area contributed by atoms with Gasteiger partial charge in [-0.1, -0.05) is 11.3 Å². The molecule has 13 heteroatoms. The molecule has 5 rings (SSSR count). The van der Waals surface area contributed by atoms with Crippen molar-refractivity contribution < 1.29 is 23.8 Å². The van der Waals surface area contributed by atoms with E-state index >= 15 is 0 Å². The number of aromatic nitrogens is 5. The first-order chi connectivity index (χ1) is 18.2. The number of fused-ring (bicyclic) bond motifs is 1. The molecule has 1 aliphatic heterocycles. The molecule has 0 aliphatic carbocycles. The molecule has 12 nitrogen and oxygen atoms in total.